The van der Waals surface area contributed by atoms with Gasteiger partial charge in [-0.25, -0.2) is 9.59 Å². The third-order valence-electron chi connectivity index (χ3n) is 4.58. The number of esters is 1. The molecular weight excluding hydrogens is 414 g/mol. The summed E-state index contributed by atoms with van der Waals surface area (Å²) in [7, 11) is 0. The van der Waals surface area contributed by atoms with E-state index in [1.807, 2.05) is 0 Å². The number of carbonyl (C=O) groups is 3. The molecular formula is C23H23N3O6. The van der Waals surface area contributed by atoms with Gasteiger partial charge in [0, 0.05) is 5.69 Å². The summed E-state index contributed by atoms with van der Waals surface area (Å²) >= 11 is 0. The molecule has 3 rings (SSSR count). The number of benzene rings is 2. The number of imide groups is 1. The summed E-state index contributed by atoms with van der Waals surface area (Å²) in [5, 5.41) is 8.53. The second kappa shape index (κ2) is 10.3. The van der Waals surface area contributed by atoms with Crippen molar-refractivity contribution in [2.24, 2.45) is 0 Å². The van der Waals surface area contributed by atoms with Crippen molar-refractivity contribution in [3.8, 4) is 5.75 Å². The normalized spacial score (nSPS) is 11.3. The molecule has 3 amide bonds. The van der Waals surface area contributed by atoms with Crippen molar-refractivity contribution in [1.82, 2.24) is 10.5 Å². The monoisotopic (exact) mass is 437 g/mol. The van der Waals surface area contributed by atoms with Gasteiger partial charge in [-0.3, -0.25) is 10.1 Å². The summed E-state index contributed by atoms with van der Waals surface area (Å²) in [6.07, 6.45) is -1.21. The fourth-order valence-electron chi connectivity index (χ4n) is 2.79. The number of hydrogen-bond donors (Lipinski definition) is 2. The number of aryl methyl sites for hydroxylation is 2. The molecule has 0 aliphatic rings. The second-order valence-corrected chi connectivity index (χ2v) is 6.94. The topological polar surface area (TPSA) is 120 Å². The predicted molar refractivity (Wildman–Crippen MR) is 115 cm³/mol. The lowest BCUT2D eigenvalue weighted by Gasteiger charge is -2.15. The van der Waals surface area contributed by atoms with Crippen molar-refractivity contribution in [1.29, 1.82) is 0 Å². The van der Waals surface area contributed by atoms with Crippen molar-refractivity contribution in [2.45, 2.75) is 33.5 Å². The van der Waals surface area contributed by atoms with Crippen molar-refractivity contribution in [3.63, 3.8) is 0 Å². The van der Waals surface area contributed by atoms with Crippen LogP contribution in [0, 0.1) is 13.8 Å². The zero-order valence-electron chi connectivity index (χ0n) is 17.9. The molecule has 1 unspecified atom stereocenters. The molecule has 1 aromatic heterocycles. The third-order valence-corrected chi connectivity index (χ3v) is 4.58. The van der Waals surface area contributed by atoms with E-state index in [1.165, 1.54) is 13.0 Å². The quantitative estimate of drug-likeness (QED) is 0.540. The summed E-state index contributed by atoms with van der Waals surface area (Å²) in [6.45, 7) is 5.09. The van der Waals surface area contributed by atoms with Gasteiger partial charge in [-0.1, -0.05) is 35.5 Å². The van der Waals surface area contributed by atoms with Crippen LogP contribution in [0.3, 0.4) is 0 Å². The molecule has 166 valence electrons. The highest BCUT2D eigenvalue weighted by atomic mass is 16.5. The van der Waals surface area contributed by atoms with Crippen molar-refractivity contribution in [2.75, 3.05) is 5.32 Å². The minimum Gasteiger partial charge on any atom is -0.488 e. The molecule has 1 atom stereocenters. The highest BCUT2D eigenvalue weighted by molar-refractivity contribution is 6.03. The maximum atomic E-state index is 12.6. The van der Waals surface area contributed by atoms with Gasteiger partial charge in [-0.15, -0.1) is 0 Å². The Morgan fingerprint density at radius 1 is 1.03 bits per heavy atom. The molecule has 9 nitrogen and oxygen atoms in total. The Labute approximate surface area is 184 Å². The van der Waals surface area contributed by atoms with Gasteiger partial charge < -0.3 is 19.3 Å². The fraction of sp³-hybridized carbons (Fsp3) is 0.217. The summed E-state index contributed by atoms with van der Waals surface area (Å²) in [5.74, 6) is -0.611. The zero-order chi connectivity index (χ0) is 23.1. The van der Waals surface area contributed by atoms with Crippen molar-refractivity contribution >= 4 is 23.6 Å². The minimum absolute atomic E-state index is 0.146. The SMILES string of the molecule is Cc1noc(C)c1COc1ccccc1C(=O)OC(C)C(=O)NC(=O)Nc1ccccc1. The first-order valence-corrected chi connectivity index (χ1v) is 9.86. The van der Waals surface area contributed by atoms with E-state index < -0.39 is 24.0 Å². The van der Waals surface area contributed by atoms with Gasteiger partial charge in [-0.05, 0) is 45.0 Å². The van der Waals surface area contributed by atoms with Crippen LogP contribution in [-0.2, 0) is 16.1 Å². The number of rotatable bonds is 7. The number of carbonyl (C=O) groups excluding carboxylic acids is 3. The van der Waals surface area contributed by atoms with Gasteiger partial charge in [0.1, 0.15) is 23.7 Å². The second-order valence-electron chi connectivity index (χ2n) is 6.94. The van der Waals surface area contributed by atoms with E-state index in [2.05, 4.69) is 15.8 Å². The molecule has 0 saturated heterocycles. The lowest BCUT2D eigenvalue weighted by molar-refractivity contribution is -0.127. The van der Waals surface area contributed by atoms with Crippen LogP contribution < -0.4 is 15.4 Å². The lowest BCUT2D eigenvalue weighted by Crippen LogP contribution is -2.41. The molecule has 0 fully saturated rings. The fourth-order valence-corrected chi connectivity index (χ4v) is 2.79. The molecule has 0 radical (unpaired) electrons. The number of ether oxygens (including phenoxy) is 2. The smallest absolute Gasteiger partial charge is 0.342 e. The average molecular weight is 437 g/mol. The van der Waals surface area contributed by atoms with Crippen LogP contribution in [0.5, 0.6) is 5.75 Å². The maximum absolute atomic E-state index is 12.6. The van der Waals surface area contributed by atoms with E-state index in [0.29, 0.717) is 17.1 Å². The first kappa shape index (κ1) is 22.5. The van der Waals surface area contributed by atoms with Crippen LogP contribution in [0.4, 0.5) is 10.5 Å². The number of para-hydroxylation sites is 2. The molecule has 0 aliphatic heterocycles. The van der Waals surface area contributed by atoms with Gasteiger partial charge >= 0.3 is 12.0 Å². The molecule has 0 saturated carbocycles. The average Bonchev–Trinajstić information content (AvgIpc) is 3.10. The number of nitrogens with zero attached hydrogens (tertiary/aromatic N) is 1. The van der Waals surface area contributed by atoms with Crippen LogP contribution in [0.15, 0.2) is 59.1 Å². The Balaban J connectivity index is 1.59. The largest absolute Gasteiger partial charge is 0.488 e. The van der Waals surface area contributed by atoms with E-state index in [4.69, 9.17) is 14.0 Å². The van der Waals surface area contributed by atoms with Crippen LogP contribution in [0.25, 0.3) is 0 Å². The van der Waals surface area contributed by atoms with Gasteiger partial charge in [0.15, 0.2) is 6.10 Å². The van der Waals surface area contributed by atoms with Crippen LogP contribution in [-0.4, -0.2) is 29.2 Å². The summed E-state index contributed by atoms with van der Waals surface area (Å²) < 4.78 is 16.1. The number of nitrogens with one attached hydrogen (secondary N) is 2. The Morgan fingerprint density at radius 2 is 1.72 bits per heavy atom. The predicted octanol–water partition coefficient (Wildman–Crippen LogP) is 3.76. The van der Waals surface area contributed by atoms with Gasteiger partial charge in [0.25, 0.3) is 5.91 Å². The standard InChI is InChI=1S/C23H23N3O6/c1-14-19(15(2)32-26-14)13-30-20-12-8-7-11-18(20)22(28)31-16(3)21(27)25-23(29)24-17-9-5-4-6-10-17/h4-12,16H,13H2,1-3H3,(H2,24,25,27,29). The molecule has 32 heavy (non-hydrogen) atoms. The third kappa shape index (κ3) is 5.72. The number of urea groups is 1. The molecule has 0 aliphatic carbocycles. The first-order valence-electron chi connectivity index (χ1n) is 9.86. The highest BCUT2D eigenvalue weighted by Gasteiger charge is 2.23. The van der Waals surface area contributed by atoms with E-state index >= 15 is 0 Å². The molecule has 2 N–H and O–H groups in total. The van der Waals surface area contributed by atoms with Crippen molar-refractivity contribution < 1.29 is 28.4 Å². The molecule has 1 heterocycles. The lowest BCUT2D eigenvalue weighted by atomic mass is 10.2. The van der Waals surface area contributed by atoms with Crippen LogP contribution in [0.1, 0.15) is 34.3 Å². The van der Waals surface area contributed by atoms with Gasteiger partial charge in [0.2, 0.25) is 0 Å². The first-order chi connectivity index (χ1) is 15.3. The Bertz CT molecular complexity index is 1090. The van der Waals surface area contributed by atoms with E-state index in [1.54, 1.807) is 62.4 Å². The molecule has 3 aromatic rings. The van der Waals surface area contributed by atoms with E-state index in [-0.39, 0.29) is 17.9 Å². The maximum Gasteiger partial charge on any atom is 0.342 e. The zero-order valence-corrected chi connectivity index (χ0v) is 17.9. The molecule has 0 spiro atoms. The highest BCUT2D eigenvalue weighted by Crippen LogP contribution is 2.22. The van der Waals surface area contributed by atoms with Gasteiger partial charge in [0.05, 0.1) is 11.3 Å². The van der Waals surface area contributed by atoms with E-state index in [0.717, 1.165) is 5.56 Å². The molecule has 2 aromatic carbocycles. The minimum atomic E-state index is -1.21. The Morgan fingerprint density at radius 3 is 2.41 bits per heavy atom. The van der Waals surface area contributed by atoms with E-state index in [9.17, 15) is 14.4 Å². The number of hydrogen-bond acceptors (Lipinski definition) is 7. The summed E-state index contributed by atoms with van der Waals surface area (Å²) in [5.41, 5.74) is 2.14. The van der Waals surface area contributed by atoms with Crippen LogP contribution >= 0.6 is 0 Å². The summed E-state index contributed by atoms with van der Waals surface area (Å²) in [6, 6.07) is 14.4. The van der Waals surface area contributed by atoms with Crippen LogP contribution in [0.2, 0.25) is 0 Å². The molecule has 0 bridgehead atoms. The number of anilines is 1. The number of amides is 3. The summed E-state index contributed by atoms with van der Waals surface area (Å²) in [4.78, 5) is 36.9. The van der Waals surface area contributed by atoms with Gasteiger partial charge in [-0.2, -0.15) is 0 Å². The van der Waals surface area contributed by atoms with Crippen molar-refractivity contribution in [3.05, 3.63) is 77.2 Å². The number of aromatic nitrogens is 1. The Kier molecular flexibility index (Phi) is 7.22. The Hall–Kier alpha value is -4.14. The molecule has 9 heteroatoms.